The lowest BCUT2D eigenvalue weighted by Crippen LogP contribution is -2.45. The maximum atomic E-state index is 11.0. The van der Waals surface area contributed by atoms with Crippen LogP contribution in [0.25, 0.3) is 0 Å². The van der Waals surface area contributed by atoms with Crippen LogP contribution in [0, 0.1) is 13.8 Å². The summed E-state index contributed by atoms with van der Waals surface area (Å²) in [5, 5.41) is 10.8. The van der Waals surface area contributed by atoms with E-state index in [2.05, 4.69) is 22.7 Å². The summed E-state index contributed by atoms with van der Waals surface area (Å²) in [7, 11) is 1.96. The molecule has 1 aliphatic rings. The average Bonchev–Trinajstić information content (AvgIpc) is 2.54. The van der Waals surface area contributed by atoms with Crippen molar-refractivity contribution in [3.63, 3.8) is 0 Å². The van der Waals surface area contributed by atoms with Gasteiger partial charge in [-0.2, -0.15) is 5.10 Å². The maximum Gasteiger partial charge on any atom is 0.220 e. The molecular weight excluding hydrogens is 216 g/mol. The normalized spacial score (nSPS) is 20.4. The molecule has 1 aliphatic heterocycles. The van der Waals surface area contributed by atoms with Crippen molar-refractivity contribution < 1.29 is 4.79 Å². The first-order chi connectivity index (χ1) is 8.08. The molecular formula is C12H20N4O. The summed E-state index contributed by atoms with van der Waals surface area (Å²) >= 11 is 0. The molecule has 1 atom stereocenters. The first kappa shape index (κ1) is 12.1. The minimum atomic E-state index is 0.164. The van der Waals surface area contributed by atoms with E-state index in [1.165, 1.54) is 11.3 Å². The number of hydrogen-bond acceptors (Lipinski definition) is 3. The van der Waals surface area contributed by atoms with E-state index in [1.807, 2.05) is 18.7 Å². The van der Waals surface area contributed by atoms with Crippen molar-refractivity contribution in [3.8, 4) is 0 Å². The zero-order chi connectivity index (χ0) is 12.4. The molecule has 5 nitrogen and oxygen atoms in total. The smallest absolute Gasteiger partial charge is 0.220 e. The van der Waals surface area contributed by atoms with Gasteiger partial charge in [0.2, 0.25) is 5.91 Å². The summed E-state index contributed by atoms with van der Waals surface area (Å²) in [5.41, 5.74) is 3.55. The molecule has 0 aromatic carbocycles. The Morgan fingerprint density at radius 2 is 2.29 bits per heavy atom. The van der Waals surface area contributed by atoms with Gasteiger partial charge in [-0.3, -0.25) is 9.48 Å². The predicted octanol–water partition coefficient (Wildman–Crippen LogP) is 0.405. The second kappa shape index (κ2) is 4.87. The van der Waals surface area contributed by atoms with Crippen molar-refractivity contribution in [2.24, 2.45) is 7.05 Å². The van der Waals surface area contributed by atoms with E-state index in [0.717, 1.165) is 25.2 Å². The number of piperidine rings is 1. The molecule has 1 saturated heterocycles. The van der Waals surface area contributed by atoms with Gasteiger partial charge in [-0.15, -0.1) is 0 Å². The Kier molecular flexibility index (Phi) is 3.47. The van der Waals surface area contributed by atoms with Crippen LogP contribution in [-0.4, -0.2) is 28.3 Å². The summed E-state index contributed by atoms with van der Waals surface area (Å²) in [5.74, 6) is 0.164. The molecule has 2 N–H and O–H groups in total. The molecule has 0 spiro atoms. The van der Waals surface area contributed by atoms with Crippen LogP contribution in [0.1, 0.15) is 29.8 Å². The van der Waals surface area contributed by atoms with E-state index in [0.29, 0.717) is 12.5 Å². The van der Waals surface area contributed by atoms with Gasteiger partial charge in [0.1, 0.15) is 0 Å². The first-order valence-corrected chi connectivity index (χ1v) is 6.07. The Bertz CT molecular complexity index is 414. The number of nitrogens with zero attached hydrogens (tertiary/aromatic N) is 2. The second-order valence-electron chi connectivity index (χ2n) is 4.69. The molecule has 0 aliphatic carbocycles. The van der Waals surface area contributed by atoms with Crippen LogP contribution in [0.15, 0.2) is 0 Å². The summed E-state index contributed by atoms with van der Waals surface area (Å²) in [6.07, 6.45) is 1.55. The summed E-state index contributed by atoms with van der Waals surface area (Å²) in [4.78, 5) is 11.0. The van der Waals surface area contributed by atoms with Crippen molar-refractivity contribution in [3.05, 3.63) is 17.0 Å². The molecule has 5 heteroatoms. The molecule has 0 saturated carbocycles. The summed E-state index contributed by atoms with van der Waals surface area (Å²) in [6.45, 7) is 5.68. The highest BCUT2D eigenvalue weighted by molar-refractivity contribution is 5.76. The van der Waals surface area contributed by atoms with Gasteiger partial charge in [0.25, 0.3) is 0 Å². The lowest BCUT2D eigenvalue weighted by Gasteiger charge is -2.23. The molecule has 0 radical (unpaired) electrons. The van der Waals surface area contributed by atoms with Crippen LogP contribution >= 0.6 is 0 Å². The van der Waals surface area contributed by atoms with Gasteiger partial charge in [0.15, 0.2) is 0 Å². The number of rotatable bonds is 3. The van der Waals surface area contributed by atoms with Gasteiger partial charge < -0.3 is 10.6 Å². The second-order valence-corrected chi connectivity index (χ2v) is 4.69. The lowest BCUT2D eigenvalue weighted by atomic mass is 10.1. The number of hydrogen-bond donors (Lipinski definition) is 2. The highest BCUT2D eigenvalue weighted by Crippen LogP contribution is 2.12. The molecule has 1 aromatic rings. The average molecular weight is 236 g/mol. The fourth-order valence-corrected chi connectivity index (χ4v) is 2.23. The van der Waals surface area contributed by atoms with Gasteiger partial charge in [-0.1, -0.05) is 0 Å². The van der Waals surface area contributed by atoms with E-state index in [4.69, 9.17) is 0 Å². The predicted molar refractivity (Wildman–Crippen MR) is 65.6 cm³/mol. The Hall–Kier alpha value is -1.36. The summed E-state index contributed by atoms with van der Waals surface area (Å²) < 4.78 is 1.91. The largest absolute Gasteiger partial charge is 0.355 e. The SMILES string of the molecule is Cc1nn(C)c(C)c1CNC1CCC(=O)NC1. The zero-order valence-corrected chi connectivity index (χ0v) is 10.7. The van der Waals surface area contributed by atoms with Crippen molar-refractivity contribution in [2.75, 3.05) is 6.54 Å². The quantitative estimate of drug-likeness (QED) is 0.799. The minimum Gasteiger partial charge on any atom is -0.355 e. The number of amides is 1. The van der Waals surface area contributed by atoms with Crippen molar-refractivity contribution >= 4 is 5.91 Å². The number of aryl methyl sites for hydroxylation is 2. The fourth-order valence-electron chi connectivity index (χ4n) is 2.23. The van der Waals surface area contributed by atoms with Crippen LogP contribution in [-0.2, 0) is 18.4 Å². The molecule has 94 valence electrons. The topological polar surface area (TPSA) is 59.0 Å². The molecule has 1 aromatic heterocycles. The van der Waals surface area contributed by atoms with Crippen LogP contribution in [0.4, 0.5) is 0 Å². The zero-order valence-electron chi connectivity index (χ0n) is 10.7. The highest BCUT2D eigenvalue weighted by Gasteiger charge is 2.18. The van der Waals surface area contributed by atoms with E-state index >= 15 is 0 Å². The molecule has 1 unspecified atom stereocenters. The van der Waals surface area contributed by atoms with Gasteiger partial charge in [-0.25, -0.2) is 0 Å². The van der Waals surface area contributed by atoms with Crippen LogP contribution in [0.5, 0.6) is 0 Å². The van der Waals surface area contributed by atoms with E-state index in [1.54, 1.807) is 0 Å². The van der Waals surface area contributed by atoms with Gasteiger partial charge >= 0.3 is 0 Å². The van der Waals surface area contributed by atoms with Gasteiger partial charge in [0.05, 0.1) is 5.69 Å². The monoisotopic (exact) mass is 236 g/mol. The number of aromatic nitrogens is 2. The minimum absolute atomic E-state index is 0.164. The van der Waals surface area contributed by atoms with Crippen molar-refractivity contribution in [2.45, 2.75) is 39.3 Å². The van der Waals surface area contributed by atoms with E-state index in [-0.39, 0.29) is 5.91 Å². The third-order valence-electron chi connectivity index (χ3n) is 3.49. The number of carbonyl (C=O) groups is 1. The number of carbonyl (C=O) groups excluding carboxylic acids is 1. The van der Waals surface area contributed by atoms with Gasteiger partial charge in [-0.05, 0) is 20.3 Å². The third kappa shape index (κ3) is 2.66. The van der Waals surface area contributed by atoms with Crippen molar-refractivity contribution in [1.29, 1.82) is 0 Å². The lowest BCUT2D eigenvalue weighted by molar-refractivity contribution is -0.122. The van der Waals surface area contributed by atoms with Crippen LogP contribution in [0.2, 0.25) is 0 Å². The van der Waals surface area contributed by atoms with Crippen LogP contribution in [0.3, 0.4) is 0 Å². The Morgan fingerprint density at radius 3 is 2.82 bits per heavy atom. The maximum absolute atomic E-state index is 11.0. The number of nitrogens with one attached hydrogen (secondary N) is 2. The Balaban J connectivity index is 1.91. The van der Waals surface area contributed by atoms with E-state index < -0.39 is 0 Å². The molecule has 1 fully saturated rings. The van der Waals surface area contributed by atoms with Gasteiger partial charge in [0, 0.05) is 43.9 Å². The molecule has 1 amide bonds. The Morgan fingerprint density at radius 1 is 1.53 bits per heavy atom. The van der Waals surface area contributed by atoms with Crippen LogP contribution < -0.4 is 10.6 Å². The van der Waals surface area contributed by atoms with E-state index in [9.17, 15) is 4.79 Å². The molecule has 2 rings (SSSR count). The first-order valence-electron chi connectivity index (χ1n) is 6.07. The standard InChI is InChI=1S/C12H20N4O/c1-8-11(9(2)16(3)15-8)7-13-10-4-5-12(17)14-6-10/h10,13H,4-7H2,1-3H3,(H,14,17). The molecule has 2 heterocycles. The fraction of sp³-hybridized carbons (Fsp3) is 0.667. The van der Waals surface area contributed by atoms with Crippen molar-refractivity contribution in [1.82, 2.24) is 20.4 Å². The summed E-state index contributed by atoms with van der Waals surface area (Å²) in [6, 6.07) is 0.381. The molecule has 17 heavy (non-hydrogen) atoms. The highest BCUT2D eigenvalue weighted by atomic mass is 16.1. The Labute approximate surface area is 102 Å². The molecule has 0 bridgehead atoms. The third-order valence-corrected chi connectivity index (χ3v) is 3.49.